The van der Waals surface area contributed by atoms with Crippen molar-refractivity contribution in [3.05, 3.63) is 65.7 Å². The number of methoxy groups -OCH3 is 1. The third-order valence-electron chi connectivity index (χ3n) is 4.22. The summed E-state index contributed by atoms with van der Waals surface area (Å²) in [6.07, 6.45) is 0.962. The Morgan fingerprint density at radius 3 is 2.32 bits per heavy atom. The van der Waals surface area contributed by atoms with Crippen molar-refractivity contribution in [2.24, 2.45) is 0 Å². The summed E-state index contributed by atoms with van der Waals surface area (Å²) in [5, 5.41) is 7.34. The van der Waals surface area contributed by atoms with Crippen LogP contribution in [0.15, 0.2) is 54.6 Å². The van der Waals surface area contributed by atoms with E-state index in [1.165, 1.54) is 16.0 Å². The van der Waals surface area contributed by atoms with Gasteiger partial charge in [0.2, 0.25) is 0 Å². The molecule has 1 atom stereocenters. The molecule has 0 amide bonds. The molecule has 0 aromatic heterocycles. The van der Waals surface area contributed by atoms with E-state index in [1.807, 2.05) is 18.2 Å². The van der Waals surface area contributed by atoms with Crippen LogP contribution in [-0.2, 0) is 6.42 Å². The number of ether oxygens (including phenoxy) is 1. The number of hydrogen-bond acceptors (Lipinski definition) is 2. The van der Waals surface area contributed by atoms with Crippen molar-refractivity contribution < 1.29 is 9.64 Å². The van der Waals surface area contributed by atoms with Gasteiger partial charge in [-0.1, -0.05) is 30.3 Å². The maximum atomic E-state index is 5.41. The summed E-state index contributed by atoms with van der Waals surface area (Å²) in [4.78, 5) is 1.35. The van der Waals surface area contributed by atoms with Crippen LogP contribution in [0.2, 0.25) is 0 Å². The minimum absolute atomic E-state index is 0.319. The molecule has 0 heterocycles. The van der Waals surface area contributed by atoms with Crippen molar-refractivity contribution >= 4 is 17.3 Å². The lowest BCUT2D eigenvalue weighted by molar-refractivity contribution is -0.890. The van der Waals surface area contributed by atoms with Gasteiger partial charge in [-0.05, 0) is 48.5 Å². The first-order valence-corrected chi connectivity index (χ1v) is 9.00. The molecular formula is C20H28N3OS+. The number of quaternary nitrogens is 1. The van der Waals surface area contributed by atoms with Gasteiger partial charge in [0.15, 0.2) is 5.11 Å². The predicted molar refractivity (Wildman–Crippen MR) is 107 cm³/mol. The zero-order valence-electron chi connectivity index (χ0n) is 15.2. The number of thiocarbonyl (C=S) groups is 1. The van der Waals surface area contributed by atoms with Crippen molar-refractivity contribution in [2.45, 2.75) is 12.5 Å². The van der Waals surface area contributed by atoms with Crippen molar-refractivity contribution in [3.63, 3.8) is 0 Å². The zero-order chi connectivity index (χ0) is 18.1. The fourth-order valence-corrected chi connectivity index (χ4v) is 2.90. The molecule has 0 saturated heterocycles. The maximum Gasteiger partial charge on any atom is 0.166 e. The molecule has 0 bridgehead atoms. The summed E-state index contributed by atoms with van der Waals surface area (Å²) in [5.41, 5.74) is 2.58. The van der Waals surface area contributed by atoms with Gasteiger partial charge in [-0.3, -0.25) is 0 Å². The zero-order valence-corrected chi connectivity index (χ0v) is 16.0. The number of benzene rings is 2. The molecule has 4 nitrogen and oxygen atoms in total. The van der Waals surface area contributed by atoms with Gasteiger partial charge in [0, 0.05) is 12.1 Å². The minimum Gasteiger partial charge on any atom is -0.497 e. The van der Waals surface area contributed by atoms with Crippen LogP contribution < -0.4 is 20.3 Å². The molecule has 0 aliphatic carbocycles. The molecule has 3 N–H and O–H groups in total. The molecule has 2 aromatic carbocycles. The number of hydrogen-bond donors (Lipinski definition) is 3. The van der Waals surface area contributed by atoms with Gasteiger partial charge in [0.25, 0.3) is 0 Å². The smallest absolute Gasteiger partial charge is 0.166 e. The third-order valence-corrected chi connectivity index (χ3v) is 4.51. The first-order valence-electron chi connectivity index (χ1n) is 8.59. The lowest BCUT2D eigenvalue weighted by Gasteiger charge is -2.23. The molecule has 2 aromatic rings. The summed E-state index contributed by atoms with van der Waals surface area (Å²) in [6.45, 7) is 1.61. The molecule has 0 radical (unpaired) electrons. The highest BCUT2D eigenvalue weighted by Crippen LogP contribution is 2.15. The van der Waals surface area contributed by atoms with Crippen molar-refractivity contribution in [3.8, 4) is 5.75 Å². The monoisotopic (exact) mass is 358 g/mol. The van der Waals surface area contributed by atoms with Crippen LogP contribution in [0.1, 0.15) is 17.2 Å². The fraction of sp³-hybridized carbons (Fsp3) is 0.350. The van der Waals surface area contributed by atoms with Gasteiger partial charge >= 0.3 is 0 Å². The molecule has 134 valence electrons. The first-order chi connectivity index (χ1) is 12.1. The van der Waals surface area contributed by atoms with Gasteiger partial charge in [-0.15, -0.1) is 0 Å². The SMILES string of the molecule is COc1ccc([C@H](CNC(=S)NCCc2ccccc2)[NH+](C)C)cc1. The molecular weight excluding hydrogens is 330 g/mol. The normalized spacial score (nSPS) is 11.8. The molecule has 0 aliphatic heterocycles. The standard InChI is InChI=1S/C20H27N3OS/c1-23(2)19(17-9-11-18(24-3)12-10-17)15-22-20(25)21-14-13-16-7-5-4-6-8-16/h4-12,19H,13-15H2,1-3H3,(H2,21,22,25)/p+1/t19-/m0/s1. The third kappa shape index (κ3) is 6.36. The average Bonchev–Trinajstić information content (AvgIpc) is 2.63. The highest BCUT2D eigenvalue weighted by atomic mass is 32.1. The molecule has 2 rings (SSSR count). The van der Waals surface area contributed by atoms with Crippen LogP contribution in [0.4, 0.5) is 0 Å². The Labute approximate surface area is 156 Å². The Hall–Kier alpha value is -2.11. The van der Waals surface area contributed by atoms with Gasteiger partial charge in [0.05, 0.1) is 27.7 Å². The fourth-order valence-electron chi connectivity index (χ4n) is 2.71. The van der Waals surface area contributed by atoms with E-state index in [2.05, 4.69) is 61.1 Å². The number of likely N-dealkylation sites (N-methyl/N-ethyl adjacent to an activating group) is 1. The van der Waals surface area contributed by atoms with Crippen LogP contribution >= 0.6 is 12.2 Å². The highest BCUT2D eigenvalue weighted by Gasteiger charge is 2.18. The summed E-state index contributed by atoms with van der Waals surface area (Å²) in [5.74, 6) is 0.877. The topological polar surface area (TPSA) is 37.7 Å². The second kappa shape index (κ2) is 10.0. The molecule has 0 unspecified atom stereocenters. The average molecular weight is 359 g/mol. The quantitative estimate of drug-likeness (QED) is 0.627. The number of rotatable bonds is 8. The Morgan fingerprint density at radius 1 is 1.04 bits per heavy atom. The predicted octanol–water partition coefficient (Wildman–Crippen LogP) is 1.59. The van der Waals surface area contributed by atoms with Crippen molar-refractivity contribution in [1.82, 2.24) is 10.6 Å². The van der Waals surface area contributed by atoms with Crippen LogP contribution in [0.5, 0.6) is 5.75 Å². The van der Waals surface area contributed by atoms with Crippen LogP contribution in [0, 0.1) is 0 Å². The lowest BCUT2D eigenvalue weighted by atomic mass is 10.1. The second-order valence-electron chi connectivity index (χ2n) is 6.28. The van der Waals surface area contributed by atoms with Crippen LogP contribution in [-0.4, -0.2) is 39.4 Å². The lowest BCUT2D eigenvalue weighted by Crippen LogP contribution is -3.07. The maximum absolute atomic E-state index is 5.41. The molecule has 0 saturated carbocycles. The Kier molecular flexibility index (Phi) is 7.70. The molecule has 0 aliphatic rings. The highest BCUT2D eigenvalue weighted by molar-refractivity contribution is 7.80. The van der Waals surface area contributed by atoms with Gasteiger partial charge in [-0.25, -0.2) is 0 Å². The van der Waals surface area contributed by atoms with Gasteiger partial charge in [0.1, 0.15) is 11.8 Å². The minimum atomic E-state index is 0.319. The summed E-state index contributed by atoms with van der Waals surface area (Å²) in [7, 11) is 6.00. The van der Waals surface area contributed by atoms with Crippen molar-refractivity contribution in [1.29, 1.82) is 0 Å². The summed E-state index contributed by atoms with van der Waals surface area (Å²) >= 11 is 5.41. The van der Waals surface area contributed by atoms with E-state index in [4.69, 9.17) is 17.0 Å². The van der Waals surface area contributed by atoms with E-state index in [1.54, 1.807) is 7.11 Å². The van der Waals surface area contributed by atoms with E-state index in [9.17, 15) is 0 Å². The van der Waals surface area contributed by atoms with E-state index in [-0.39, 0.29) is 0 Å². The largest absolute Gasteiger partial charge is 0.497 e. The molecule has 0 spiro atoms. The van der Waals surface area contributed by atoms with Crippen LogP contribution in [0.3, 0.4) is 0 Å². The van der Waals surface area contributed by atoms with E-state index in [0.717, 1.165) is 25.3 Å². The van der Waals surface area contributed by atoms with Crippen LogP contribution in [0.25, 0.3) is 0 Å². The van der Waals surface area contributed by atoms with Gasteiger partial charge in [-0.2, -0.15) is 0 Å². The van der Waals surface area contributed by atoms with E-state index >= 15 is 0 Å². The Balaban J connectivity index is 1.80. The van der Waals surface area contributed by atoms with Crippen molar-refractivity contribution in [2.75, 3.05) is 34.3 Å². The second-order valence-corrected chi connectivity index (χ2v) is 6.68. The summed E-state index contributed by atoms with van der Waals surface area (Å²) in [6, 6.07) is 19.0. The summed E-state index contributed by atoms with van der Waals surface area (Å²) < 4.78 is 5.24. The van der Waals surface area contributed by atoms with E-state index in [0.29, 0.717) is 11.2 Å². The molecule has 0 fully saturated rings. The molecule has 5 heteroatoms. The Bertz CT molecular complexity index is 644. The van der Waals surface area contributed by atoms with E-state index < -0.39 is 0 Å². The van der Waals surface area contributed by atoms with Gasteiger partial charge < -0.3 is 20.3 Å². The number of nitrogens with one attached hydrogen (secondary N) is 3. The first kappa shape index (κ1) is 19.2. The molecule has 25 heavy (non-hydrogen) atoms. The Morgan fingerprint density at radius 2 is 1.72 bits per heavy atom.